The number of ether oxygens (including phenoxy) is 4. The Balaban J connectivity index is 1.38. The molecular formula is C19H20N6O5S. The Bertz CT molecular complexity index is 1210. The molecule has 1 aliphatic rings. The van der Waals surface area contributed by atoms with Crippen molar-refractivity contribution in [2.24, 2.45) is 5.92 Å². The van der Waals surface area contributed by atoms with E-state index in [9.17, 15) is 4.79 Å². The molecule has 0 radical (unpaired) electrons. The van der Waals surface area contributed by atoms with Gasteiger partial charge in [-0.05, 0) is 17.4 Å². The molecule has 0 spiro atoms. The molecule has 0 aliphatic carbocycles. The van der Waals surface area contributed by atoms with Gasteiger partial charge in [-0.1, -0.05) is 0 Å². The van der Waals surface area contributed by atoms with Crippen molar-refractivity contribution in [1.82, 2.24) is 29.5 Å². The van der Waals surface area contributed by atoms with E-state index in [1.807, 2.05) is 6.07 Å². The smallest absolute Gasteiger partial charge is 0.294 e. The van der Waals surface area contributed by atoms with E-state index in [-0.39, 0.29) is 12.5 Å². The third kappa shape index (κ3) is 3.86. The normalized spacial score (nSPS) is 14.0. The van der Waals surface area contributed by atoms with Crippen LogP contribution in [0.5, 0.6) is 16.7 Å². The monoisotopic (exact) mass is 444 g/mol. The first-order chi connectivity index (χ1) is 15.1. The lowest BCUT2D eigenvalue weighted by atomic mass is 10.1. The molecule has 0 saturated carbocycles. The number of aromatic nitrogens is 5. The van der Waals surface area contributed by atoms with Crippen molar-refractivity contribution in [3.05, 3.63) is 24.5 Å². The third-order valence-electron chi connectivity index (χ3n) is 4.86. The van der Waals surface area contributed by atoms with Gasteiger partial charge in [0.1, 0.15) is 28.4 Å². The van der Waals surface area contributed by atoms with Crippen molar-refractivity contribution in [2.45, 2.75) is 0 Å². The summed E-state index contributed by atoms with van der Waals surface area (Å²) in [5.41, 5.74) is 2.00. The molecule has 4 aromatic heterocycles. The van der Waals surface area contributed by atoms with Crippen molar-refractivity contribution in [3.8, 4) is 28.1 Å². The average Bonchev–Trinajstić information content (AvgIpc) is 3.42. The Labute approximate surface area is 180 Å². The Kier molecular flexibility index (Phi) is 5.08. The second kappa shape index (κ2) is 8.04. The molecule has 1 amide bonds. The van der Waals surface area contributed by atoms with Crippen molar-refractivity contribution in [3.63, 3.8) is 0 Å². The number of carbonyl (C=O) groups is 1. The molecule has 1 aliphatic heterocycles. The largest absolute Gasteiger partial charge is 0.495 e. The van der Waals surface area contributed by atoms with Crippen molar-refractivity contribution in [1.29, 1.82) is 0 Å². The van der Waals surface area contributed by atoms with Gasteiger partial charge in [-0.2, -0.15) is 5.10 Å². The fourth-order valence-electron chi connectivity index (χ4n) is 3.13. The second-order valence-corrected chi connectivity index (χ2v) is 7.94. The molecule has 11 nitrogen and oxygen atoms in total. The quantitative estimate of drug-likeness (QED) is 0.432. The summed E-state index contributed by atoms with van der Waals surface area (Å²) in [6.07, 6.45) is 3.52. The van der Waals surface area contributed by atoms with Gasteiger partial charge in [0.25, 0.3) is 11.1 Å². The highest BCUT2D eigenvalue weighted by Gasteiger charge is 2.20. The maximum absolute atomic E-state index is 12.1. The van der Waals surface area contributed by atoms with Crippen LogP contribution in [0, 0.1) is 5.92 Å². The Hall–Kier alpha value is -3.38. The molecule has 0 bridgehead atoms. The summed E-state index contributed by atoms with van der Waals surface area (Å²) >= 11 is 1.34. The van der Waals surface area contributed by atoms with Crippen LogP contribution in [0.15, 0.2) is 24.5 Å². The van der Waals surface area contributed by atoms with Gasteiger partial charge >= 0.3 is 0 Å². The predicted octanol–water partition coefficient (Wildman–Crippen LogP) is 1.26. The molecule has 0 unspecified atom stereocenters. The standard InChI is InChI=1S/C19H20N6O5S/c1-27-12-3-16(30-10-17(26)20-5-11-8-29-9-11)15-4-13(22-24(15)6-12)14-7-25-18(21-14)31-19(23-25)28-2/h3-4,6-7,11H,5,8-10H2,1-2H3,(H,20,26). The van der Waals surface area contributed by atoms with E-state index >= 15 is 0 Å². The number of nitrogens with one attached hydrogen (secondary N) is 1. The summed E-state index contributed by atoms with van der Waals surface area (Å²) in [5, 5.41) is 12.3. The predicted molar refractivity (Wildman–Crippen MR) is 111 cm³/mol. The van der Waals surface area contributed by atoms with E-state index in [4.69, 9.17) is 18.9 Å². The number of fused-ring (bicyclic) bond motifs is 2. The van der Waals surface area contributed by atoms with Gasteiger partial charge in [-0.3, -0.25) is 4.79 Å². The van der Waals surface area contributed by atoms with E-state index in [0.717, 1.165) is 0 Å². The number of amides is 1. The lowest BCUT2D eigenvalue weighted by Crippen LogP contribution is -2.40. The van der Waals surface area contributed by atoms with Crippen molar-refractivity contribution < 1.29 is 23.7 Å². The van der Waals surface area contributed by atoms with Gasteiger partial charge in [-0.25, -0.2) is 14.0 Å². The number of nitrogens with zero attached hydrogens (tertiary/aromatic N) is 5. The van der Waals surface area contributed by atoms with E-state index in [2.05, 4.69) is 20.5 Å². The topological polar surface area (TPSA) is 114 Å². The highest BCUT2D eigenvalue weighted by molar-refractivity contribution is 7.18. The molecule has 5 rings (SSSR count). The fourth-order valence-corrected chi connectivity index (χ4v) is 3.83. The molecule has 12 heteroatoms. The van der Waals surface area contributed by atoms with E-state index < -0.39 is 0 Å². The number of methoxy groups -OCH3 is 2. The van der Waals surface area contributed by atoms with Crippen molar-refractivity contribution in [2.75, 3.05) is 40.6 Å². The summed E-state index contributed by atoms with van der Waals surface area (Å²) in [7, 11) is 3.13. The number of hydrogen-bond donors (Lipinski definition) is 1. The van der Waals surface area contributed by atoms with E-state index in [0.29, 0.717) is 64.2 Å². The minimum atomic E-state index is -0.193. The maximum Gasteiger partial charge on any atom is 0.294 e. The van der Waals surface area contributed by atoms with Crippen LogP contribution in [0.3, 0.4) is 0 Å². The lowest BCUT2D eigenvalue weighted by molar-refractivity contribution is -0.124. The Morgan fingerprint density at radius 1 is 1.19 bits per heavy atom. The maximum atomic E-state index is 12.1. The number of rotatable bonds is 8. The van der Waals surface area contributed by atoms with Gasteiger partial charge in [0.15, 0.2) is 6.61 Å². The zero-order chi connectivity index (χ0) is 21.4. The number of pyridine rings is 1. The highest BCUT2D eigenvalue weighted by Crippen LogP contribution is 2.30. The van der Waals surface area contributed by atoms with Gasteiger partial charge in [-0.15, -0.1) is 5.10 Å². The minimum absolute atomic E-state index is 0.110. The van der Waals surface area contributed by atoms with Gasteiger partial charge in [0.05, 0.1) is 39.8 Å². The average molecular weight is 444 g/mol. The van der Waals surface area contributed by atoms with Gasteiger partial charge in [0.2, 0.25) is 4.96 Å². The Morgan fingerprint density at radius 2 is 2.06 bits per heavy atom. The number of carbonyl (C=O) groups excluding carboxylic acids is 1. The van der Waals surface area contributed by atoms with Crippen LogP contribution in [0.25, 0.3) is 21.9 Å². The highest BCUT2D eigenvalue weighted by atomic mass is 32.1. The molecular weight excluding hydrogens is 424 g/mol. The zero-order valence-corrected chi connectivity index (χ0v) is 17.7. The van der Waals surface area contributed by atoms with Crippen LogP contribution in [0.4, 0.5) is 0 Å². The molecule has 4 aromatic rings. The molecule has 31 heavy (non-hydrogen) atoms. The first-order valence-corrected chi connectivity index (χ1v) is 10.4. The first-order valence-electron chi connectivity index (χ1n) is 9.58. The van der Waals surface area contributed by atoms with Crippen LogP contribution >= 0.6 is 11.3 Å². The van der Waals surface area contributed by atoms with Crippen LogP contribution in [-0.4, -0.2) is 70.7 Å². The third-order valence-corrected chi connectivity index (χ3v) is 5.75. The number of hydrogen-bond acceptors (Lipinski definition) is 9. The number of imidazole rings is 1. The van der Waals surface area contributed by atoms with Crippen LogP contribution in [0.2, 0.25) is 0 Å². The van der Waals surface area contributed by atoms with Crippen LogP contribution in [-0.2, 0) is 9.53 Å². The molecule has 162 valence electrons. The molecule has 1 saturated heterocycles. The zero-order valence-electron chi connectivity index (χ0n) is 16.9. The summed E-state index contributed by atoms with van der Waals surface area (Å²) in [6, 6.07) is 3.58. The molecule has 5 heterocycles. The van der Waals surface area contributed by atoms with Crippen LogP contribution in [0.1, 0.15) is 0 Å². The SMILES string of the molecule is COc1cc(OCC(=O)NCC2COC2)c2cc(-c3cn4nc(OC)sc4n3)nn2c1. The van der Waals surface area contributed by atoms with E-state index in [1.165, 1.54) is 11.3 Å². The molecule has 1 N–H and O–H groups in total. The summed E-state index contributed by atoms with van der Waals surface area (Å²) in [6.45, 7) is 1.85. The summed E-state index contributed by atoms with van der Waals surface area (Å²) in [4.78, 5) is 17.4. The molecule has 0 aromatic carbocycles. The first kappa shape index (κ1) is 19.6. The van der Waals surface area contributed by atoms with E-state index in [1.54, 1.807) is 41.7 Å². The van der Waals surface area contributed by atoms with Crippen molar-refractivity contribution >= 4 is 27.7 Å². The van der Waals surface area contributed by atoms with Crippen LogP contribution < -0.4 is 19.5 Å². The fraction of sp³-hybridized carbons (Fsp3) is 0.368. The minimum Gasteiger partial charge on any atom is -0.495 e. The Morgan fingerprint density at radius 3 is 2.77 bits per heavy atom. The molecule has 1 fully saturated rings. The lowest BCUT2D eigenvalue weighted by Gasteiger charge is -2.25. The van der Waals surface area contributed by atoms with Gasteiger partial charge in [0, 0.05) is 18.5 Å². The summed E-state index contributed by atoms with van der Waals surface area (Å²) < 4.78 is 24.7. The van der Waals surface area contributed by atoms with Gasteiger partial charge < -0.3 is 24.3 Å². The second-order valence-electron chi connectivity index (χ2n) is 7.03. The molecule has 0 atom stereocenters. The summed E-state index contributed by atoms with van der Waals surface area (Å²) in [5.74, 6) is 1.23.